The first-order valence-electron chi connectivity index (χ1n) is 5.20. The quantitative estimate of drug-likeness (QED) is 0.795. The topological polar surface area (TPSA) is 67.1 Å². The fourth-order valence-corrected chi connectivity index (χ4v) is 1.38. The Morgan fingerprint density at radius 1 is 1.22 bits per heavy atom. The Balaban J connectivity index is 2.31. The summed E-state index contributed by atoms with van der Waals surface area (Å²) >= 11 is 0. The summed E-state index contributed by atoms with van der Waals surface area (Å²) in [5.41, 5.74) is 0.0569. The van der Waals surface area contributed by atoms with Crippen LogP contribution in [0.1, 0.15) is 5.82 Å². The minimum atomic E-state index is -4.57. The second kappa shape index (κ2) is 4.77. The SMILES string of the molecule is CNCCNc1ccc2nnc(C(F)(F)F)n2n1. The van der Waals surface area contributed by atoms with E-state index >= 15 is 0 Å². The molecule has 0 aliphatic carbocycles. The van der Waals surface area contributed by atoms with Crippen molar-refractivity contribution >= 4 is 11.5 Å². The maximum absolute atomic E-state index is 12.6. The molecule has 2 aromatic rings. The van der Waals surface area contributed by atoms with E-state index in [4.69, 9.17) is 0 Å². The summed E-state index contributed by atoms with van der Waals surface area (Å²) in [6.07, 6.45) is -4.57. The summed E-state index contributed by atoms with van der Waals surface area (Å²) in [5, 5.41) is 16.1. The predicted octanol–water partition coefficient (Wildman–Crippen LogP) is 0.774. The van der Waals surface area contributed by atoms with Gasteiger partial charge < -0.3 is 10.6 Å². The normalized spacial score (nSPS) is 12.0. The van der Waals surface area contributed by atoms with E-state index in [0.717, 1.165) is 0 Å². The van der Waals surface area contributed by atoms with Crippen LogP contribution in [0.4, 0.5) is 19.0 Å². The Kier molecular flexibility index (Phi) is 3.32. The van der Waals surface area contributed by atoms with E-state index in [-0.39, 0.29) is 5.65 Å². The third-order valence-corrected chi connectivity index (χ3v) is 2.20. The second-order valence-corrected chi connectivity index (χ2v) is 3.54. The molecule has 2 heterocycles. The minimum Gasteiger partial charge on any atom is -0.367 e. The third kappa shape index (κ3) is 2.50. The van der Waals surface area contributed by atoms with Crippen LogP contribution in [0.25, 0.3) is 5.65 Å². The molecule has 2 N–H and O–H groups in total. The van der Waals surface area contributed by atoms with Crippen molar-refractivity contribution < 1.29 is 13.2 Å². The molecule has 0 aliphatic rings. The number of hydrogen-bond donors (Lipinski definition) is 2. The molecule has 0 aromatic carbocycles. The number of halogens is 3. The van der Waals surface area contributed by atoms with Crippen molar-refractivity contribution in [3.8, 4) is 0 Å². The Labute approximate surface area is 100 Å². The molecule has 18 heavy (non-hydrogen) atoms. The molecule has 98 valence electrons. The molecule has 0 saturated carbocycles. The van der Waals surface area contributed by atoms with Gasteiger partial charge in [-0.15, -0.1) is 15.3 Å². The Hall–Kier alpha value is -1.90. The Morgan fingerprint density at radius 2 is 2.00 bits per heavy atom. The van der Waals surface area contributed by atoms with Gasteiger partial charge in [-0.3, -0.25) is 0 Å². The van der Waals surface area contributed by atoms with E-state index in [9.17, 15) is 13.2 Å². The van der Waals surface area contributed by atoms with Crippen molar-refractivity contribution in [1.82, 2.24) is 25.1 Å². The highest BCUT2D eigenvalue weighted by Crippen LogP contribution is 2.27. The van der Waals surface area contributed by atoms with Gasteiger partial charge in [0.05, 0.1) is 0 Å². The van der Waals surface area contributed by atoms with Crippen molar-refractivity contribution in [2.75, 3.05) is 25.5 Å². The van der Waals surface area contributed by atoms with Crippen molar-refractivity contribution in [1.29, 1.82) is 0 Å². The molecule has 0 spiro atoms. The van der Waals surface area contributed by atoms with E-state index < -0.39 is 12.0 Å². The molecular weight excluding hydrogens is 249 g/mol. The smallest absolute Gasteiger partial charge is 0.367 e. The lowest BCUT2D eigenvalue weighted by Gasteiger charge is -2.06. The highest BCUT2D eigenvalue weighted by Gasteiger charge is 2.37. The van der Waals surface area contributed by atoms with Crippen molar-refractivity contribution in [3.63, 3.8) is 0 Å². The number of nitrogens with one attached hydrogen (secondary N) is 2. The Morgan fingerprint density at radius 3 is 2.67 bits per heavy atom. The first-order valence-corrected chi connectivity index (χ1v) is 5.20. The molecule has 2 aromatic heterocycles. The van der Waals surface area contributed by atoms with E-state index in [1.54, 1.807) is 13.1 Å². The zero-order valence-electron chi connectivity index (χ0n) is 9.49. The first-order chi connectivity index (χ1) is 8.52. The van der Waals surface area contributed by atoms with Gasteiger partial charge >= 0.3 is 6.18 Å². The van der Waals surface area contributed by atoms with Crippen LogP contribution in [-0.2, 0) is 6.18 Å². The molecule has 0 fully saturated rings. The molecule has 0 saturated heterocycles. The number of anilines is 1. The van der Waals surface area contributed by atoms with Gasteiger partial charge in [0.1, 0.15) is 5.82 Å². The van der Waals surface area contributed by atoms with Crippen LogP contribution >= 0.6 is 0 Å². The second-order valence-electron chi connectivity index (χ2n) is 3.54. The number of nitrogens with zero attached hydrogens (tertiary/aromatic N) is 4. The molecule has 0 bridgehead atoms. The lowest BCUT2D eigenvalue weighted by Crippen LogP contribution is -2.19. The highest BCUT2D eigenvalue weighted by atomic mass is 19.4. The average Bonchev–Trinajstić information content (AvgIpc) is 2.72. The summed E-state index contributed by atoms with van der Waals surface area (Å²) in [6.45, 7) is 1.23. The van der Waals surface area contributed by atoms with Crippen LogP contribution in [0.15, 0.2) is 12.1 Å². The van der Waals surface area contributed by atoms with Crippen LogP contribution < -0.4 is 10.6 Å². The molecular formula is C9H11F3N6. The van der Waals surface area contributed by atoms with E-state index in [1.807, 2.05) is 0 Å². The fourth-order valence-electron chi connectivity index (χ4n) is 1.38. The van der Waals surface area contributed by atoms with Crippen molar-refractivity contribution in [3.05, 3.63) is 18.0 Å². The third-order valence-electron chi connectivity index (χ3n) is 2.20. The minimum absolute atomic E-state index is 0.0569. The largest absolute Gasteiger partial charge is 0.453 e. The lowest BCUT2D eigenvalue weighted by molar-refractivity contribution is -0.146. The average molecular weight is 260 g/mol. The fraction of sp³-hybridized carbons (Fsp3) is 0.444. The number of fused-ring (bicyclic) bond motifs is 1. The zero-order chi connectivity index (χ0) is 13.2. The molecule has 0 aliphatic heterocycles. The van der Waals surface area contributed by atoms with Crippen LogP contribution in [0.5, 0.6) is 0 Å². The predicted molar refractivity (Wildman–Crippen MR) is 58.2 cm³/mol. The summed E-state index contributed by atoms with van der Waals surface area (Å²) in [6, 6.07) is 2.98. The molecule has 2 rings (SSSR count). The summed E-state index contributed by atoms with van der Waals surface area (Å²) < 4.78 is 38.5. The summed E-state index contributed by atoms with van der Waals surface area (Å²) in [4.78, 5) is 0. The number of aromatic nitrogens is 4. The monoisotopic (exact) mass is 260 g/mol. The van der Waals surface area contributed by atoms with Crippen LogP contribution in [0, 0.1) is 0 Å². The maximum atomic E-state index is 12.6. The number of hydrogen-bond acceptors (Lipinski definition) is 5. The van der Waals surface area contributed by atoms with Crippen LogP contribution in [0.3, 0.4) is 0 Å². The van der Waals surface area contributed by atoms with E-state index in [1.165, 1.54) is 6.07 Å². The van der Waals surface area contributed by atoms with Gasteiger partial charge in [0.2, 0.25) is 0 Å². The maximum Gasteiger partial charge on any atom is 0.453 e. The first kappa shape index (κ1) is 12.6. The van der Waals surface area contributed by atoms with Crippen LogP contribution in [-0.4, -0.2) is 39.9 Å². The number of likely N-dealkylation sites (N-methyl/N-ethyl adjacent to an activating group) is 1. The van der Waals surface area contributed by atoms with Crippen LogP contribution in [0.2, 0.25) is 0 Å². The van der Waals surface area contributed by atoms with E-state index in [0.29, 0.717) is 23.4 Å². The van der Waals surface area contributed by atoms with Gasteiger partial charge in [-0.1, -0.05) is 0 Å². The summed E-state index contributed by atoms with van der Waals surface area (Å²) in [5.74, 6) is -0.794. The van der Waals surface area contributed by atoms with Gasteiger partial charge in [0, 0.05) is 13.1 Å². The lowest BCUT2D eigenvalue weighted by atomic mass is 10.5. The standard InChI is InChI=1S/C9H11F3N6/c1-13-4-5-14-6-2-3-7-15-16-8(9(10,11)12)18(7)17-6/h2-3,13H,4-5H2,1H3,(H,14,17). The molecule has 0 atom stereocenters. The zero-order valence-corrected chi connectivity index (χ0v) is 9.49. The van der Waals surface area contributed by atoms with Crippen molar-refractivity contribution in [2.24, 2.45) is 0 Å². The van der Waals surface area contributed by atoms with Crippen molar-refractivity contribution in [2.45, 2.75) is 6.18 Å². The van der Waals surface area contributed by atoms with E-state index in [2.05, 4.69) is 25.9 Å². The van der Waals surface area contributed by atoms with Gasteiger partial charge in [-0.05, 0) is 19.2 Å². The molecule has 0 radical (unpaired) electrons. The number of alkyl halides is 3. The molecule has 9 heteroatoms. The number of rotatable bonds is 4. The Bertz CT molecular complexity index is 535. The van der Waals surface area contributed by atoms with Gasteiger partial charge in [0.25, 0.3) is 5.82 Å². The van der Waals surface area contributed by atoms with Gasteiger partial charge in [0.15, 0.2) is 5.65 Å². The van der Waals surface area contributed by atoms with Gasteiger partial charge in [-0.25, -0.2) is 0 Å². The van der Waals surface area contributed by atoms with Gasteiger partial charge in [-0.2, -0.15) is 17.7 Å². The molecule has 6 nitrogen and oxygen atoms in total. The summed E-state index contributed by atoms with van der Waals surface area (Å²) in [7, 11) is 1.78. The molecule has 0 unspecified atom stereocenters. The molecule has 0 amide bonds. The highest BCUT2D eigenvalue weighted by molar-refractivity contribution is 5.44.